The van der Waals surface area contributed by atoms with Crippen LogP contribution in [0.5, 0.6) is 5.75 Å². The highest BCUT2D eigenvalue weighted by molar-refractivity contribution is 5.96. The average molecular weight is 640 g/mol. The van der Waals surface area contributed by atoms with Gasteiger partial charge in [-0.3, -0.25) is 14.3 Å². The Morgan fingerprint density at radius 3 is 2.36 bits per heavy atom. The third kappa shape index (κ3) is 8.28. The maximum absolute atomic E-state index is 14.4. The number of unbranched alkanes of at least 4 members (excludes halogenated alkanes) is 2. The second kappa shape index (κ2) is 15.5. The Morgan fingerprint density at radius 1 is 0.894 bits per heavy atom. The zero-order valence-electron chi connectivity index (χ0n) is 28.7. The van der Waals surface area contributed by atoms with Crippen molar-refractivity contribution in [3.63, 3.8) is 0 Å². The van der Waals surface area contributed by atoms with Crippen molar-refractivity contribution < 1.29 is 19.1 Å². The molecule has 3 saturated carbocycles. The zero-order valence-corrected chi connectivity index (χ0v) is 28.7. The smallest absolute Gasteiger partial charge is 0.308 e. The third-order valence-electron chi connectivity index (χ3n) is 10.9. The van der Waals surface area contributed by atoms with Gasteiger partial charge < -0.3 is 14.4 Å². The Kier molecular flexibility index (Phi) is 11.0. The number of anilines is 1. The van der Waals surface area contributed by atoms with Crippen LogP contribution in [-0.2, 0) is 14.3 Å². The highest BCUT2D eigenvalue weighted by Gasteiger charge is 2.35. The van der Waals surface area contributed by atoms with Gasteiger partial charge in [0.15, 0.2) is 0 Å². The molecule has 0 aliphatic heterocycles. The molecule has 1 aromatic heterocycles. The largest absolute Gasteiger partial charge is 0.496 e. The summed E-state index contributed by atoms with van der Waals surface area (Å²) in [5, 5.41) is 4.62. The minimum absolute atomic E-state index is 0.0703. The number of carbonyl (C=O) groups excluding carboxylic acids is 2. The molecule has 3 aliphatic rings. The number of rotatable bonds is 13. The first-order chi connectivity index (χ1) is 22.9. The number of hydrogen-bond donors (Lipinski definition) is 0. The molecule has 0 spiro atoms. The van der Waals surface area contributed by atoms with Crippen LogP contribution in [0.3, 0.4) is 0 Å². The van der Waals surface area contributed by atoms with Gasteiger partial charge in [0.1, 0.15) is 5.75 Å². The van der Waals surface area contributed by atoms with Gasteiger partial charge in [-0.25, -0.2) is 0 Å². The minimum Gasteiger partial charge on any atom is -0.496 e. The Bertz CT molecular complexity index is 1490. The van der Waals surface area contributed by atoms with Crippen LogP contribution in [0.1, 0.15) is 113 Å². The normalized spacial score (nSPS) is 22.9. The van der Waals surface area contributed by atoms with Crippen LogP contribution in [0, 0.1) is 24.7 Å². The lowest BCUT2D eigenvalue weighted by atomic mass is 9.77. The number of benzene rings is 2. The van der Waals surface area contributed by atoms with Crippen molar-refractivity contribution in [2.24, 2.45) is 17.8 Å². The predicted molar refractivity (Wildman–Crippen MR) is 187 cm³/mol. The number of carbonyl (C=O) groups is 2. The average Bonchev–Trinajstić information content (AvgIpc) is 3.84. The van der Waals surface area contributed by atoms with Crippen LogP contribution in [0.25, 0.3) is 11.1 Å². The molecule has 3 fully saturated rings. The molecule has 0 saturated heterocycles. The topological polar surface area (TPSA) is 73.7 Å². The summed E-state index contributed by atoms with van der Waals surface area (Å²) in [4.78, 5) is 29.2. The summed E-state index contributed by atoms with van der Waals surface area (Å²) >= 11 is 0. The first-order valence-electron chi connectivity index (χ1n) is 18.2. The molecular formula is C40H53N3O4. The van der Waals surface area contributed by atoms with E-state index in [0.29, 0.717) is 24.5 Å². The van der Waals surface area contributed by atoms with E-state index in [-0.39, 0.29) is 23.7 Å². The van der Waals surface area contributed by atoms with Crippen molar-refractivity contribution in [3.05, 3.63) is 66.0 Å². The van der Waals surface area contributed by atoms with E-state index < -0.39 is 0 Å². The lowest BCUT2D eigenvalue weighted by Gasteiger charge is -2.36. The van der Waals surface area contributed by atoms with Crippen molar-refractivity contribution in [2.75, 3.05) is 25.2 Å². The van der Waals surface area contributed by atoms with E-state index >= 15 is 0 Å². The molecule has 7 nitrogen and oxygen atoms in total. The second-order valence-electron chi connectivity index (χ2n) is 14.3. The standard InChI is InChI=1S/C40H53N3O4/c1-4-5-6-22-47-40(45)32-16-14-31(15-17-32)39(44)42(37-9-7-8-33(24-37)35-25-41-43(27-35)36-19-20-36)26-29-10-12-30(13-11-29)34-18-21-38(46-3)28(2)23-34/h7-9,18,21,23-25,27,29-32,36H,4-6,10-17,19-20,22,26H2,1-3H3. The zero-order chi connectivity index (χ0) is 32.8. The number of hydrogen-bond acceptors (Lipinski definition) is 5. The number of ether oxygens (including phenoxy) is 2. The Balaban J connectivity index is 1.14. The van der Waals surface area contributed by atoms with Gasteiger partial charge in [-0.2, -0.15) is 5.10 Å². The molecule has 47 heavy (non-hydrogen) atoms. The van der Waals surface area contributed by atoms with E-state index in [1.54, 1.807) is 7.11 Å². The van der Waals surface area contributed by atoms with Gasteiger partial charge in [0.2, 0.25) is 5.91 Å². The van der Waals surface area contributed by atoms with Crippen molar-refractivity contribution >= 4 is 17.6 Å². The number of aryl methyl sites for hydroxylation is 1. The lowest BCUT2D eigenvalue weighted by molar-refractivity contribution is -0.150. The lowest BCUT2D eigenvalue weighted by Crippen LogP contribution is -2.42. The van der Waals surface area contributed by atoms with E-state index in [1.807, 2.05) is 6.20 Å². The van der Waals surface area contributed by atoms with Crippen LogP contribution < -0.4 is 9.64 Å². The van der Waals surface area contributed by atoms with E-state index in [9.17, 15) is 9.59 Å². The molecule has 0 bridgehead atoms. The monoisotopic (exact) mass is 639 g/mol. The first-order valence-corrected chi connectivity index (χ1v) is 18.2. The maximum atomic E-state index is 14.4. The molecule has 1 heterocycles. The summed E-state index contributed by atoms with van der Waals surface area (Å²) in [6.07, 6.45) is 17.0. The summed E-state index contributed by atoms with van der Waals surface area (Å²) in [5.74, 6) is 1.91. The molecular weight excluding hydrogens is 586 g/mol. The van der Waals surface area contributed by atoms with Crippen LogP contribution in [0.4, 0.5) is 5.69 Å². The fourth-order valence-electron chi connectivity index (χ4n) is 7.73. The number of aromatic nitrogens is 2. The molecule has 7 heteroatoms. The molecule has 1 amide bonds. The van der Waals surface area contributed by atoms with E-state index in [2.05, 4.69) is 77.2 Å². The minimum atomic E-state index is -0.0858. The van der Waals surface area contributed by atoms with Crippen molar-refractivity contribution in [1.29, 1.82) is 0 Å². The quantitative estimate of drug-likeness (QED) is 0.138. The third-order valence-corrected chi connectivity index (χ3v) is 10.9. The van der Waals surface area contributed by atoms with Crippen LogP contribution in [0.15, 0.2) is 54.9 Å². The molecule has 252 valence electrons. The molecule has 0 atom stereocenters. The highest BCUT2D eigenvalue weighted by Crippen LogP contribution is 2.40. The van der Waals surface area contributed by atoms with Gasteiger partial charge in [-0.05, 0) is 124 Å². The van der Waals surface area contributed by atoms with Crippen LogP contribution in [-0.4, -0.2) is 41.9 Å². The molecule has 6 rings (SSSR count). The van der Waals surface area contributed by atoms with E-state index in [0.717, 1.165) is 99.7 Å². The van der Waals surface area contributed by atoms with Crippen LogP contribution in [0.2, 0.25) is 0 Å². The highest BCUT2D eigenvalue weighted by atomic mass is 16.5. The number of esters is 1. The molecule has 0 radical (unpaired) electrons. The molecule has 0 unspecified atom stereocenters. The number of amides is 1. The Labute approximate surface area is 281 Å². The van der Waals surface area contributed by atoms with Crippen LogP contribution >= 0.6 is 0 Å². The molecule has 3 aromatic rings. The summed E-state index contributed by atoms with van der Waals surface area (Å²) in [5.41, 5.74) is 5.75. The summed E-state index contributed by atoms with van der Waals surface area (Å²) in [6, 6.07) is 15.6. The number of methoxy groups -OCH3 is 1. The Morgan fingerprint density at radius 2 is 1.66 bits per heavy atom. The summed E-state index contributed by atoms with van der Waals surface area (Å²) < 4.78 is 13.2. The SMILES string of the molecule is CCCCCOC(=O)C1CCC(C(=O)N(CC2CCC(c3ccc(OC)c(C)c3)CC2)c2cccc(-c3cnn(C4CC4)c3)c2)CC1. The summed E-state index contributed by atoms with van der Waals surface area (Å²) in [7, 11) is 1.73. The van der Waals surface area contributed by atoms with E-state index in [4.69, 9.17) is 9.47 Å². The van der Waals surface area contributed by atoms with Crippen molar-refractivity contribution in [2.45, 2.75) is 109 Å². The molecule has 3 aliphatic carbocycles. The maximum Gasteiger partial charge on any atom is 0.308 e. The molecule has 2 aromatic carbocycles. The van der Waals surface area contributed by atoms with Gasteiger partial charge in [-0.1, -0.05) is 44.0 Å². The molecule has 0 N–H and O–H groups in total. The van der Waals surface area contributed by atoms with Gasteiger partial charge in [0.05, 0.1) is 31.9 Å². The van der Waals surface area contributed by atoms with Gasteiger partial charge in [0, 0.05) is 29.9 Å². The summed E-state index contributed by atoms with van der Waals surface area (Å²) in [6.45, 7) is 5.51. The number of nitrogens with zero attached hydrogens (tertiary/aromatic N) is 3. The van der Waals surface area contributed by atoms with Crippen molar-refractivity contribution in [3.8, 4) is 16.9 Å². The Hall–Kier alpha value is -3.61. The van der Waals surface area contributed by atoms with Gasteiger partial charge >= 0.3 is 5.97 Å². The first kappa shape index (κ1) is 33.3. The fraction of sp³-hybridized carbons (Fsp3) is 0.575. The van der Waals surface area contributed by atoms with Gasteiger partial charge in [0.25, 0.3) is 0 Å². The van der Waals surface area contributed by atoms with Crippen molar-refractivity contribution in [1.82, 2.24) is 9.78 Å². The second-order valence-corrected chi connectivity index (χ2v) is 14.3. The van der Waals surface area contributed by atoms with Gasteiger partial charge in [-0.15, -0.1) is 0 Å². The fourth-order valence-corrected chi connectivity index (χ4v) is 7.73. The van der Waals surface area contributed by atoms with E-state index in [1.165, 1.54) is 24.0 Å². The predicted octanol–water partition coefficient (Wildman–Crippen LogP) is 9.05.